The highest BCUT2D eigenvalue weighted by atomic mass is 35.5. The Labute approximate surface area is 109 Å². The summed E-state index contributed by atoms with van der Waals surface area (Å²) in [6.07, 6.45) is 2.63. The minimum Gasteiger partial charge on any atom is -0.371 e. The summed E-state index contributed by atoms with van der Waals surface area (Å²) in [6.45, 7) is 5.28. The summed E-state index contributed by atoms with van der Waals surface area (Å²) in [4.78, 5) is 2.24. The molecule has 3 heteroatoms. The first kappa shape index (κ1) is 12.7. The predicted molar refractivity (Wildman–Crippen MR) is 74.9 cm³/mol. The molecule has 0 unspecified atom stereocenters. The summed E-state index contributed by atoms with van der Waals surface area (Å²) in [6, 6.07) is 7.34. The van der Waals surface area contributed by atoms with Crippen LogP contribution >= 0.6 is 11.6 Å². The molecule has 1 N–H and O–H groups in total. The molecule has 1 aliphatic rings. The van der Waals surface area contributed by atoms with E-state index in [0.717, 1.165) is 23.3 Å². The summed E-state index contributed by atoms with van der Waals surface area (Å²) >= 11 is 6.33. The Balaban J connectivity index is 2.19. The number of hydrogen-bond acceptors (Lipinski definition) is 2. The van der Waals surface area contributed by atoms with Crippen molar-refractivity contribution >= 4 is 17.3 Å². The molecule has 1 saturated carbocycles. The molecule has 2 nitrogen and oxygen atoms in total. The topological polar surface area (TPSA) is 15.3 Å². The van der Waals surface area contributed by atoms with Gasteiger partial charge in [-0.05, 0) is 38.3 Å². The number of anilines is 1. The molecule has 0 aliphatic heterocycles. The van der Waals surface area contributed by atoms with Gasteiger partial charge in [-0.2, -0.15) is 0 Å². The predicted octanol–water partition coefficient (Wildman–Crippen LogP) is 3.44. The van der Waals surface area contributed by atoms with Crippen molar-refractivity contribution in [1.82, 2.24) is 5.32 Å². The molecule has 0 atom stereocenters. The Morgan fingerprint density at radius 3 is 2.71 bits per heavy atom. The van der Waals surface area contributed by atoms with Crippen molar-refractivity contribution in [3.8, 4) is 0 Å². The average Bonchev–Trinajstić information content (AvgIpc) is 3.09. The van der Waals surface area contributed by atoms with Crippen LogP contribution in [0.25, 0.3) is 0 Å². The highest BCUT2D eigenvalue weighted by Gasteiger charge is 2.21. The zero-order chi connectivity index (χ0) is 12.4. The molecule has 1 aliphatic carbocycles. The third kappa shape index (κ3) is 3.14. The minimum atomic E-state index is 0.453. The van der Waals surface area contributed by atoms with Gasteiger partial charge in [0, 0.05) is 25.7 Å². The van der Waals surface area contributed by atoms with E-state index in [9.17, 15) is 0 Å². The summed E-state index contributed by atoms with van der Waals surface area (Å²) in [5, 5.41) is 4.39. The number of hydrogen-bond donors (Lipinski definition) is 1. The smallest absolute Gasteiger partial charge is 0.0642 e. The highest BCUT2D eigenvalue weighted by Crippen LogP contribution is 2.31. The minimum absolute atomic E-state index is 0.453. The number of nitrogens with zero attached hydrogens (tertiary/aromatic N) is 1. The molecule has 0 spiro atoms. The lowest BCUT2D eigenvalue weighted by Crippen LogP contribution is -2.28. The van der Waals surface area contributed by atoms with Crippen LogP contribution in [0.1, 0.15) is 32.3 Å². The second-order valence-electron chi connectivity index (χ2n) is 5.11. The average molecular weight is 253 g/mol. The highest BCUT2D eigenvalue weighted by molar-refractivity contribution is 6.33. The van der Waals surface area contributed by atoms with E-state index in [0.29, 0.717) is 6.04 Å². The summed E-state index contributed by atoms with van der Waals surface area (Å²) in [7, 11) is 2.10. The van der Waals surface area contributed by atoms with Crippen LogP contribution < -0.4 is 10.2 Å². The number of benzene rings is 1. The lowest BCUT2D eigenvalue weighted by Gasteiger charge is -2.27. The molecular weight excluding hydrogens is 232 g/mol. The molecule has 0 radical (unpaired) electrons. The van der Waals surface area contributed by atoms with E-state index in [1.165, 1.54) is 18.4 Å². The fourth-order valence-corrected chi connectivity index (χ4v) is 2.23. The summed E-state index contributed by atoms with van der Waals surface area (Å²) < 4.78 is 0. The van der Waals surface area contributed by atoms with E-state index in [2.05, 4.69) is 37.2 Å². The zero-order valence-corrected chi connectivity index (χ0v) is 11.6. The molecule has 0 aromatic heterocycles. The van der Waals surface area contributed by atoms with Crippen LogP contribution in [0.4, 0.5) is 5.69 Å². The number of nitrogens with one attached hydrogen (secondary N) is 1. The maximum absolute atomic E-state index is 6.33. The quantitative estimate of drug-likeness (QED) is 0.864. The maximum Gasteiger partial charge on any atom is 0.0642 e. The molecule has 0 bridgehead atoms. The monoisotopic (exact) mass is 252 g/mol. The van der Waals surface area contributed by atoms with Crippen molar-refractivity contribution in [3.63, 3.8) is 0 Å². The molecule has 17 heavy (non-hydrogen) atoms. The van der Waals surface area contributed by atoms with Gasteiger partial charge in [0.15, 0.2) is 0 Å². The zero-order valence-electron chi connectivity index (χ0n) is 10.8. The molecule has 0 saturated heterocycles. The third-order valence-corrected chi connectivity index (χ3v) is 3.66. The SMILES string of the molecule is CC(C)N(C)c1c(Cl)cccc1CNC1CC1. The van der Waals surface area contributed by atoms with Crippen molar-refractivity contribution in [2.45, 2.75) is 45.3 Å². The van der Waals surface area contributed by atoms with Crippen LogP contribution in [0.15, 0.2) is 18.2 Å². The van der Waals surface area contributed by atoms with Crippen molar-refractivity contribution in [2.75, 3.05) is 11.9 Å². The molecule has 0 heterocycles. The van der Waals surface area contributed by atoms with Gasteiger partial charge in [0.2, 0.25) is 0 Å². The van der Waals surface area contributed by atoms with Gasteiger partial charge in [0.25, 0.3) is 0 Å². The molecule has 0 amide bonds. The van der Waals surface area contributed by atoms with Crippen LogP contribution in [-0.4, -0.2) is 19.1 Å². The van der Waals surface area contributed by atoms with Crippen LogP contribution in [0, 0.1) is 0 Å². The second-order valence-corrected chi connectivity index (χ2v) is 5.51. The second kappa shape index (κ2) is 5.28. The third-order valence-electron chi connectivity index (χ3n) is 3.36. The van der Waals surface area contributed by atoms with Crippen molar-refractivity contribution in [1.29, 1.82) is 0 Å². The molecule has 1 aromatic carbocycles. The Morgan fingerprint density at radius 1 is 1.41 bits per heavy atom. The first-order valence-corrected chi connectivity index (χ1v) is 6.71. The van der Waals surface area contributed by atoms with Gasteiger partial charge in [0.05, 0.1) is 10.7 Å². The summed E-state index contributed by atoms with van der Waals surface area (Å²) in [5.74, 6) is 0. The fraction of sp³-hybridized carbons (Fsp3) is 0.571. The van der Waals surface area contributed by atoms with Gasteiger partial charge in [-0.25, -0.2) is 0 Å². The number of halogens is 1. The van der Waals surface area contributed by atoms with E-state index in [1.807, 2.05) is 12.1 Å². The van der Waals surface area contributed by atoms with Crippen LogP contribution in [0.5, 0.6) is 0 Å². The first-order chi connectivity index (χ1) is 8.09. The Kier molecular flexibility index (Phi) is 3.95. The fourth-order valence-electron chi connectivity index (χ4n) is 1.90. The maximum atomic E-state index is 6.33. The molecule has 1 fully saturated rings. The lowest BCUT2D eigenvalue weighted by atomic mass is 10.1. The van der Waals surface area contributed by atoms with Crippen molar-refractivity contribution in [2.24, 2.45) is 0 Å². The first-order valence-electron chi connectivity index (χ1n) is 6.33. The van der Waals surface area contributed by atoms with E-state index in [-0.39, 0.29) is 0 Å². The van der Waals surface area contributed by atoms with Gasteiger partial charge >= 0.3 is 0 Å². The normalized spacial score (nSPS) is 15.4. The van der Waals surface area contributed by atoms with Gasteiger partial charge in [0.1, 0.15) is 0 Å². The van der Waals surface area contributed by atoms with E-state index in [4.69, 9.17) is 11.6 Å². The van der Waals surface area contributed by atoms with Gasteiger partial charge in [-0.15, -0.1) is 0 Å². The van der Waals surface area contributed by atoms with E-state index >= 15 is 0 Å². The van der Waals surface area contributed by atoms with Crippen molar-refractivity contribution < 1.29 is 0 Å². The van der Waals surface area contributed by atoms with Crippen molar-refractivity contribution in [3.05, 3.63) is 28.8 Å². The Bertz CT molecular complexity index is 386. The van der Waals surface area contributed by atoms with Gasteiger partial charge in [-0.3, -0.25) is 0 Å². The summed E-state index contributed by atoms with van der Waals surface area (Å²) in [5.41, 5.74) is 2.46. The Hall–Kier alpha value is -0.730. The van der Waals surface area contributed by atoms with Gasteiger partial charge < -0.3 is 10.2 Å². The Morgan fingerprint density at radius 2 is 2.12 bits per heavy atom. The lowest BCUT2D eigenvalue weighted by molar-refractivity contribution is 0.679. The molecule has 94 valence electrons. The van der Waals surface area contributed by atoms with E-state index in [1.54, 1.807) is 0 Å². The molecule has 2 rings (SSSR count). The van der Waals surface area contributed by atoms with E-state index < -0.39 is 0 Å². The largest absolute Gasteiger partial charge is 0.371 e. The van der Waals surface area contributed by atoms with Gasteiger partial charge in [-0.1, -0.05) is 23.7 Å². The molecule has 1 aromatic rings. The number of para-hydroxylation sites is 1. The standard InChI is InChI=1S/C14H21ClN2/c1-10(2)17(3)14-11(5-4-6-13(14)15)9-16-12-7-8-12/h4-6,10,12,16H,7-9H2,1-3H3. The molecular formula is C14H21ClN2. The van der Waals surface area contributed by atoms with Crippen LogP contribution in [0.3, 0.4) is 0 Å². The number of rotatable bonds is 5. The van der Waals surface area contributed by atoms with Crippen LogP contribution in [-0.2, 0) is 6.54 Å². The van der Waals surface area contributed by atoms with Crippen LogP contribution in [0.2, 0.25) is 5.02 Å².